The van der Waals surface area contributed by atoms with Crippen LogP contribution < -0.4 is 5.32 Å². The third-order valence-electron chi connectivity index (χ3n) is 3.57. The van der Waals surface area contributed by atoms with Crippen molar-refractivity contribution in [1.82, 2.24) is 15.3 Å². The summed E-state index contributed by atoms with van der Waals surface area (Å²) in [4.78, 5) is 8.89. The molecule has 0 saturated carbocycles. The molecule has 0 radical (unpaired) electrons. The van der Waals surface area contributed by atoms with Crippen molar-refractivity contribution in [1.29, 1.82) is 0 Å². The van der Waals surface area contributed by atoms with Crippen LogP contribution in [0.15, 0.2) is 12.4 Å². The van der Waals surface area contributed by atoms with Gasteiger partial charge in [-0.1, -0.05) is 39.5 Å². The molecule has 1 rings (SSSR count). The second-order valence-electron chi connectivity index (χ2n) is 5.11. The lowest BCUT2D eigenvalue weighted by Crippen LogP contribution is -2.22. The number of unbranched alkanes of at least 4 members (excludes halogenated alkanes) is 1. The largest absolute Gasteiger partial charge is 0.310 e. The predicted molar refractivity (Wildman–Crippen MR) is 76.5 cm³/mol. The summed E-state index contributed by atoms with van der Waals surface area (Å²) < 4.78 is 0. The van der Waals surface area contributed by atoms with Crippen molar-refractivity contribution in [2.24, 2.45) is 5.92 Å². The Hall–Kier alpha value is -0.960. The Morgan fingerprint density at radius 2 is 1.89 bits per heavy atom. The summed E-state index contributed by atoms with van der Waals surface area (Å²) >= 11 is 0. The molecule has 0 amide bonds. The highest BCUT2D eigenvalue weighted by atomic mass is 15.0. The van der Waals surface area contributed by atoms with E-state index in [0.29, 0.717) is 0 Å². The molecule has 0 fully saturated rings. The fraction of sp³-hybridized carbons (Fsp3) is 0.733. The third-order valence-corrected chi connectivity index (χ3v) is 3.57. The molecule has 0 spiro atoms. The Morgan fingerprint density at radius 3 is 2.39 bits per heavy atom. The number of aromatic nitrogens is 2. The van der Waals surface area contributed by atoms with Crippen LogP contribution in [-0.2, 0) is 0 Å². The van der Waals surface area contributed by atoms with E-state index in [2.05, 4.69) is 29.1 Å². The summed E-state index contributed by atoms with van der Waals surface area (Å²) in [7, 11) is 2.00. The maximum absolute atomic E-state index is 4.44. The molecular weight excluding hydrogens is 222 g/mol. The molecular formula is C15H27N3. The molecule has 3 nitrogen and oxygen atoms in total. The van der Waals surface area contributed by atoms with Crippen LogP contribution in [-0.4, -0.2) is 17.0 Å². The standard InChI is InChI=1S/C15H27N3/c1-5-7-8-13(6-2)9-14(16-4)15-17-10-12(3)11-18-15/h10-11,13-14,16H,5-9H2,1-4H3. The average molecular weight is 249 g/mol. The zero-order valence-corrected chi connectivity index (χ0v) is 12.2. The SMILES string of the molecule is CCCCC(CC)CC(NC)c1ncc(C)cn1. The van der Waals surface area contributed by atoms with Crippen molar-refractivity contribution in [3.63, 3.8) is 0 Å². The molecule has 1 N–H and O–H groups in total. The van der Waals surface area contributed by atoms with Gasteiger partial charge in [0.05, 0.1) is 6.04 Å². The van der Waals surface area contributed by atoms with Crippen LogP contribution in [0.5, 0.6) is 0 Å². The van der Waals surface area contributed by atoms with Crippen LogP contribution in [0, 0.1) is 12.8 Å². The van der Waals surface area contributed by atoms with E-state index in [9.17, 15) is 0 Å². The van der Waals surface area contributed by atoms with E-state index < -0.39 is 0 Å². The first kappa shape index (κ1) is 15.1. The van der Waals surface area contributed by atoms with Crippen LogP contribution in [0.2, 0.25) is 0 Å². The molecule has 1 heterocycles. The molecule has 2 unspecified atom stereocenters. The second kappa shape index (κ2) is 8.20. The molecule has 1 aromatic heterocycles. The lowest BCUT2D eigenvalue weighted by atomic mass is 9.92. The van der Waals surface area contributed by atoms with E-state index in [0.717, 1.165) is 23.7 Å². The van der Waals surface area contributed by atoms with Crippen molar-refractivity contribution in [2.75, 3.05) is 7.05 Å². The minimum Gasteiger partial charge on any atom is -0.310 e. The topological polar surface area (TPSA) is 37.8 Å². The van der Waals surface area contributed by atoms with E-state index in [1.165, 1.54) is 25.7 Å². The molecule has 0 aliphatic rings. The minimum atomic E-state index is 0.285. The molecule has 0 aliphatic carbocycles. The van der Waals surface area contributed by atoms with Gasteiger partial charge in [0.2, 0.25) is 0 Å². The van der Waals surface area contributed by atoms with Gasteiger partial charge in [0.15, 0.2) is 0 Å². The fourth-order valence-corrected chi connectivity index (χ4v) is 2.25. The molecule has 1 aromatic rings. The Kier molecular flexibility index (Phi) is 6.88. The molecule has 0 bridgehead atoms. The zero-order chi connectivity index (χ0) is 13.4. The maximum Gasteiger partial charge on any atom is 0.145 e. The number of aryl methyl sites for hydroxylation is 1. The average Bonchev–Trinajstić information content (AvgIpc) is 2.40. The Bertz CT molecular complexity index is 321. The number of hydrogen-bond acceptors (Lipinski definition) is 3. The van der Waals surface area contributed by atoms with E-state index in [4.69, 9.17) is 0 Å². The van der Waals surface area contributed by atoms with E-state index in [1.807, 2.05) is 26.4 Å². The summed E-state index contributed by atoms with van der Waals surface area (Å²) in [5.74, 6) is 1.70. The molecule has 3 heteroatoms. The second-order valence-corrected chi connectivity index (χ2v) is 5.11. The normalized spacial score (nSPS) is 14.4. The summed E-state index contributed by atoms with van der Waals surface area (Å²) in [6.07, 6.45) is 10.1. The van der Waals surface area contributed by atoms with Gasteiger partial charge in [-0.25, -0.2) is 9.97 Å². The molecule has 0 aliphatic heterocycles. The van der Waals surface area contributed by atoms with Crippen molar-refractivity contribution in [3.05, 3.63) is 23.8 Å². The van der Waals surface area contributed by atoms with E-state index >= 15 is 0 Å². The van der Waals surface area contributed by atoms with Crippen molar-refractivity contribution in [3.8, 4) is 0 Å². The van der Waals surface area contributed by atoms with Gasteiger partial charge in [0.25, 0.3) is 0 Å². The smallest absolute Gasteiger partial charge is 0.145 e. The molecule has 2 atom stereocenters. The highest BCUT2D eigenvalue weighted by Crippen LogP contribution is 2.24. The zero-order valence-electron chi connectivity index (χ0n) is 12.2. The summed E-state index contributed by atoms with van der Waals surface area (Å²) in [5, 5.41) is 3.35. The monoisotopic (exact) mass is 249 g/mol. The quantitative estimate of drug-likeness (QED) is 0.764. The third kappa shape index (κ3) is 4.73. The Balaban J connectivity index is 2.62. The van der Waals surface area contributed by atoms with E-state index in [-0.39, 0.29) is 6.04 Å². The fourth-order valence-electron chi connectivity index (χ4n) is 2.25. The van der Waals surface area contributed by atoms with Crippen molar-refractivity contribution in [2.45, 2.75) is 58.9 Å². The van der Waals surface area contributed by atoms with Gasteiger partial charge in [-0.15, -0.1) is 0 Å². The van der Waals surface area contributed by atoms with Gasteiger partial charge in [-0.3, -0.25) is 0 Å². The van der Waals surface area contributed by atoms with Crippen LogP contribution in [0.1, 0.15) is 63.4 Å². The minimum absolute atomic E-state index is 0.285. The first-order valence-corrected chi connectivity index (χ1v) is 7.17. The lowest BCUT2D eigenvalue weighted by Gasteiger charge is -2.21. The lowest BCUT2D eigenvalue weighted by molar-refractivity contribution is 0.356. The molecule has 0 aromatic carbocycles. The highest BCUT2D eigenvalue weighted by molar-refractivity contribution is 5.04. The van der Waals surface area contributed by atoms with Gasteiger partial charge in [-0.2, -0.15) is 0 Å². The first-order chi connectivity index (χ1) is 8.71. The number of nitrogens with one attached hydrogen (secondary N) is 1. The Labute approximate surface area is 111 Å². The molecule has 0 saturated heterocycles. The van der Waals surface area contributed by atoms with Crippen molar-refractivity contribution < 1.29 is 0 Å². The molecule has 18 heavy (non-hydrogen) atoms. The summed E-state index contributed by atoms with van der Waals surface area (Å²) in [6.45, 7) is 6.56. The molecule has 102 valence electrons. The predicted octanol–water partition coefficient (Wildman–Crippen LogP) is 3.65. The highest BCUT2D eigenvalue weighted by Gasteiger charge is 2.17. The van der Waals surface area contributed by atoms with Gasteiger partial charge >= 0.3 is 0 Å². The number of nitrogens with zero attached hydrogens (tertiary/aromatic N) is 2. The maximum atomic E-state index is 4.44. The van der Waals surface area contributed by atoms with Crippen LogP contribution in [0.4, 0.5) is 0 Å². The van der Waals surface area contributed by atoms with Crippen LogP contribution in [0.25, 0.3) is 0 Å². The Morgan fingerprint density at radius 1 is 1.22 bits per heavy atom. The van der Waals surface area contributed by atoms with Gasteiger partial charge in [-0.05, 0) is 31.9 Å². The van der Waals surface area contributed by atoms with Crippen molar-refractivity contribution >= 4 is 0 Å². The van der Waals surface area contributed by atoms with Crippen LogP contribution >= 0.6 is 0 Å². The summed E-state index contributed by atoms with van der Waals surface area (Å²) in [5.41, 5.74) is 1.12. The number of hydrogen-bond donors (Lipinski definition) is 1. The first-order valence-electron chi connectivity index (χ1n) is 7.17. The summed E-state index contributed by atoms with van der Waals surface area (Å²) in [6, 6.07) is 0.285. The van der Waals surface area contributed by atoms with Gasteiger partial charge in [0.1, 0.15) is 5.82 Å². The van der Waals surface area contributed by atoms with Gasteiger partial charge in [0, 0.05) is 12.4 Å². The van der Waals surface area contributed by atoms with E-state index in [1.54, 1.807) is 0 Å². The number of rotatable bonds is 8. The van der Waals surface area contributed by atoms with Crippen LogP contribution in [0.3, 0.4) is 0 Å². The van der Waals surface area contributed by atoms with Gasteiger partial charge < -0.3 is 5.32 Å².